The zero-order valence-electron chi connectivity index (χ0n) is 13.1. The molecule has 0 aliphatic rings. The Hall–Kier alpha value is -1.42. The van der Waals surface area contributed by atoms with E-state index in [1.807, 2.05) is 13.8 Å². The summed E-state index contributed by atoms with van der Waals surface area (Å²) in [7, 11) is 0. The standard InChI is InChI=1S/C16H25ClN2O2/c1-4-7-10-19(6-3)16(20)18-14-12-13(17)8-9-15(14)21-11-5-2/h8-9,12H,4-7,10-11H2,1-3H3,(H,18,20). The van der Waals surface area contributed by atoms with Gasteiger partial charge in [0.15, 0.2) is 0 Å². The monoisotopic (exact) mass is 312 g/mol. The Kier molecular flexibility index (Phi) is 7.98. The smallest absolute Gasteiger partial charge is 0.321 e. The molecule has 0 radical (unpaired) electrons. The molecule has 0 atom stereocenters. The summed E-state index contributed by atoms with van der Waals surface area (Å²) in [5.74, 6) is 0.654. The third-order valence-electron chi connectivity index (χ3n) is 3.10. The zero-order chi connectivity index (χ0) is 15.7. The molecule has 2 amide bonds. The van der Waals surface area contributed by atoms with Crippen molar-refractivity contribution in [1.82, 2.24) is 4.90 Å². The molecule has 0 bridgehead atoms. The molecule has 0 unspecified atom stereocenters. The Morgan fingerprint density at radius 3 is 2.67 bits per heavy atom. The van der Waals surface area contributed by atoms with Crippen LogP contribution < -0.4 is 10.1 Å². The molecule has 0 aromatic heterocycles. The fourth-order valence-corrected chi connectivity index (χ4v) is 2.06. The van der Waals surface area contributed by atoms with Crippen molar-refractivity contribution in [3.8, 4) is 5.75 Å². The number of carbonyl (C=O) groups excluding carboxylic acids is 1. The molecule has 1 aromatic rings. The van der Waals surface area contributed by atoms with Crippen molar-refractivity contribution < 1.29 is 9.53 Å². The maximum absolute atomic E-state index is 12.3. The highest BCUT2D eigenvalue weighted by molar-refractivity contribution is 6.31. The summed E-state index contributed by atoms with van der Waals surface area (Å²) in [4.78, 5) is 14.1. The first-order chi connectivity index (χ1) is 10.1. The number of benzene rings is 1. The SMILES string of the molecule is CCCCN(CC)C(=O)Nc1cc(Cl)ccc1OCCC. The highest BCUT2D eigenvalue weighted by Gasteiger charge is 2.14. The number of hydrogen-bond donors (Lipinski definition) is 1. The second kappa shape index (κ2) is 9.50. The summed E-state index contributed by atoms with van der Waals surface area (Å²) < 4.78 is 5.64. The van der Waals surface area contributed by atoms with Gasteiger partial charge in [-0.2, -0.15) is 0 Å². The van der Waals surface area contributed by atoms with Crippen molar-refractivity contribution >= 4 is 23.3 Å². The summed E-state index contributed by atoms with van der Waals surface area (Å²) in [6.45, 7) is 8.17. The molecule has 1 N–H and O–H groups in total. The first-order valence-corrected chi connectivity index (χ1v) is 7.98. The number of unbranched alkanes of at least 4 members (excludes halogenated alkanes) is 1. The van der Waals surface area contributed by atoms with E-state index in [0.29, 0.717) is 29.6 Å². The largest absolute Gasteiger partial charge is 0.491 e. The zero-order valence-corrected chi connectivity index (χ0v) is 13.9. The predicted molar refractivity (Wildman–Crippen MR) is 88.4 cm³/mol. The lowest BCUT2D eigenvalue weighted by Gasteiger charge is -2.22. The number of hydrogen-bond acceptors (Lipinski definition) is 2. The van der Waals surface area contributed by atoms with Gasteiger partial charge in [-0.25, -0.2) is 4.79 Å². The van der Waals surface area contributed by atoms with E-state index in [1.54, 1.807) is 23.1 Å². The number of halogens is 1. The van der Waals surface area contributed by atoms with Crippen LogP contribution in [0.15, 0.2) is 18.2 Å². The molecule has 5 heteroatoms. The van der Waals surface area contributed by atoms with Gasteiger partial charge in [0.2, 0.25) is 0 Å². The molecular formula is C16H25ClN2O2. The lowest BCUT2D eigenvalue weighted by molar-refractivity contribution is 0.213. The topological polar surface area (TPSA) is 41.6 Å². The van der Waals surface area contributed by atoms with Gasteiger partial charge in [0.1, 0.15) is 5.75 Å². The molecule has 1 rings (SSSR count). The van der Waals surface area contributed by atoms with E-state index in [9.17, 15) is 4.79 Å². The van der Waals surface area contributed by atoms with Crippen molar-refractivity contribution in [1.29, 1.82) is 0 Å². The van der Waals surface area contributed by atoms with Gasteiger partial charge in [0.05, 0.1) is 12.3 Å². The number of nitrogens with zero attached hydrogens (tertiary/aromatic N) is 1. The molecule has 0 fully saturated rings. The van der Waals surface area contributed by atoms with Gasteiger partial charge in [-0.05, 0) is 38.0 Å². The Morgan fingerprint density at radius 2 is 2.05 bits per heavy atom. The van der Waals surface area contributed by atoms with Gasteiger partial charge in [-0.1, -0.05) is 31.9 Å². The molecule has 118 valence electrons. The molecule has 4 nitrogen and oxygen atoms in total. The molecule has 0 aliphatic heterocycles. The number of anilines is 1. The highest BCUT2D eigenvalue weighted by Crippen LogP contribution is 2.28. The molecule has 0 spiro atoms. The first kappa shape index (κ1) is 17.6. The Morgan fingerprint density at radius 1 is 1.29 bits per heavy atom. The second-order valence-corrected chi connectivity index (χ2v) is 5.29. The summed E-state index contributed by atoms with van der Waals surface area (Å²) in [6.07, 6.45) is 2.97. The fraction of sp³-hybridized carbons (Fsp3) is 0.562. The van der Waals surface area contributed by atoms with E-state index in [4.69, 9.17) is 16.3 Å². The number of urea groups is 1. The van der Waals surface area contributed by atoms with Crippen LogP contribution in [0.4, 0.5) is 10.5 Å². The quantitative estimate of drug-likeness (QED) is 0.750. The van der Waals surface area contributed by atoms with E-state index in [1.165, 1.54) is 0 Å². The minimum atomic E-state index is -0.116. The van der Waals surface area contributed by atoms with Crippen molar-refractivity contribution in [2.45, 2.75) is 40.0 Å². The molecule has 1 aromatic carbocycles. The van der Waals surface area contributed by atoms with Crippen LogP contribution >= 0.6 is 11.6 Å². The van der Waals surface area contributed by atoms with Gasteiger partial charge >= 0.3 is 6.03 Å². The molecule has 0 aliphatic carbocycles. The van der Waals surface area contributed by atoms with Gasteiger partial charge < -0.3 is 15.0 Å². The predicted octanol–water partition coefficient (Wildman–Crippen LogP) is 4.78. The average Bonchev–Trinajstić information content (AvgIpc) is 2.47. The van der Waals surface area contributed by atoms with E-state index >= 15 is 0 Å². The van der Waals surface area contributed by atoms with Gasteiger partial charge in [-0.3, -0.25) is 0 Å². The number of amides is 2. The lowest BCUT2D eigenvalue weighted by atomic mass is 10.3. The summed E-state index contributed by atoms with van der Waals surface area (Å²) in [5, 5.41) is 3.47. The van der Waals surface area contributed by atoms with Crippen molar-refractivity contribution in [2.24, 2.45) is 0 Å². The number of nitrogens with one attached hydrogen (secondary N) is 1. The molecule has 0 saturated heterocycles. The summed E-state index contributed by atoms with van der Waals surface area (Å²) >= 11 is 6.01. The summed E-state index contributed by atoms with van der Waals surface area (Å²) in [5.41, 5.74) is 0.621. The average molecular weight is 313 g/mol. The van der Waals surface area contributed by atoms with Crippen molar-refractivity contribution in [2.75, 3.05) is 25.0 Å². The van der Waals surface area contributed by atoms with E-state index < -0.39 is 0 Å². The third-order valence-corrected chi connectivity index (χ3v) is 3.33. The van der Waals surface area contributed by atoms with E-state index in [-0.39, 0.29) is 6.03 Å². The summed E-state index contributed by atoms with van der Waals surface area (Å²) in [6, 6.07) is 5.15. The fourth-order valence-electron chi connectivity index (χ4n) is 1.88. The molecule has 21 heavy (non-hydrogen) atoms. The first-order valence-electron chi connectivity index (χ1n) is 7.60. The third kappa shape index (κ3) is 5.84. The van der Waals surface area contributed by atoms with Crippen LogP contribution in [0.3, 0.4) is 0 Å². The van der Waals surface area contributed by atoms with Crippen molar-refractivity contribution in [3.05, 3.63) is 23.2 Å². The normalized spacial score (nSPS) is 10.3. The molecule has 0 saturated carbocycles. The van der Waals surface area contributed by atoms with Crippen LogP contribution in [0.1, 0.15) is 40.0 Å². The van der Waals surface area contributed by atoms with E-state index in [2.05, 4.69) is 12.2 Å². The minimum Gasteiger partial charge on any atom is -0.491 e. The van der Waals surface area contributed by atoms with Crippen LogP contribution in [0.25, 0.3) is 0 Å². The number of rotatable bonds is 8. The maximum atomic E-state index is 12.3. The van der Waals surface area contributed by atoms with Crippen LogP contribution in [-0.2, 0) is 0 Å². The molecular weight excluding hydrogens is 288 g/mol. The number of ether oxygens (including phenoxy) is 1. The van der Waals surface area contributed by atoms with E-state index in [0.717, 1.165) is 25.8 Å². The Bertz CT molecular complexity index is 452. The Balaban J connectivity index is 2.79. The Labute approximate surface area is 132 Å². The lowest BCUT2D eigenvalue weighted by Crippen LogP contribution is -2.35. The van der Waals surface area contributed by atoms with Gasteiger partial charge in [0.25, 0.3) is 0 Å². The van der Waals surface area contributed by atoms with Gasteiger partial charge in [-0.15, -0.1) is 0 Å². The van der Waals surface area contributed by atoms with Gasteiger partial charge in [0, 0.05) is 18.1 Å². The minimum absolute atomic E-state index is 0.116. The number of carbonyl (C=O) groups is 1. The molecule has 0 heterocycles. The van der Waals surface area contributed by atoms with Crippen molar-refractivity contribution in [3.63, 3.8) is 0 Å². The van der Waals surface area contributed by atoms with Crippen LogP contribution in [0.5, 0.6) is 5.75 Å². The highest BCUT2D eigenvalue weighted by atomic mass is 35.5. The van der Waals surface area contributed by atoms with Crippen LogP contribution in [-0.4, -0.2) is 30.6 Å². The maximum Gasteiger partial charge on any atom is 0.321 e. The second-order valence-electron chi connectivity index (χ2n) is 4.85. The van der Waals surface area contributed by atoms with Crippen LogP contribution in [0, 0.1) is 0 Å². The van der Waals surface area contributed by atoms with Crippen LogP contribution in [0.2, 0.25) is 5.02 Å².